The van der Waals surface area contributed by atoms with Crippen LogP contribution in [0.1, 0.15) is 25.0 Å². The summed E-state index contributed by atoms with van der Waals surface area (Å²) in [5.74, 6) is 0.603. The molecule has 7 aromatic carbocycles. The van der Waals surface area contributed by atoms with Crippen molar-refractivity contribution >= 4 is 28.0 Å². The van der Waals surface area contributed by atoms with Crippen molar-refractivity contribution in [2.24, 2.45) is 0 Å². The summed E-state index contributed by atoms with van der Waals surface area (Å²) in [6.07, 6.45) is 0. The molecule has 51 heavy (non-hydrogen) atoms. The second-order valence-corrected chi connectivity index (χ2v) is 13.6. The predicted molar refractivity (Wildman–Crippen MR) is 210 cm³/mol. The number of hydrogen-bond donors (Lipinski definition) is 0. The average Bonchev–Trinajstić information content (AvgIpc) is 3.42. The van der Waals surface area contributed by atoms with E-state index in [-0.39, 0.29) is 11.0 Å². The van der Waals surface area contributed by atoms with E-state index in [1.165, 1.54) is 27.8 Å². The van der Waals surface area contributed by atoms with Crippen LogP contribution in [-0.4, -0.2) is 9.55 Å². The van der Waals surface area contributed by atoms with Gasteiger partial charge in [0.2, 0.25) is 0 Å². The molecule has 0 fully saturated rings. The zero-order valence-corrected chi connectivity index (χ0v) is 28.5. The normalized spacial score (nSPS) is 12.7. The van der Waals surface area contributed by atoms with E-state index < -0.39 is 0 Å². The highest BCUT2D eigenvalue weighted by Gasteiger charge is 2.37. The maximum absolute atomic E-state index is 14.4. The van der Waals surface area contributed by atoms with Gasteiger partial charge in [-0.15, -0.1) is 0 Å². The molecule has 0 atom stereocenters. The summed E-state index contributed by atoms with van der Waals surface area (Å²) in [4.78, 5) is 21.8. The number of nitrogens with zero attached hydrogens (tertiary/aromatic N) is 3. The Morgan fingerprint density at radius 3 is 1.96 bits per heavy atom. The van der Waals surface area contributed by atoms with E-state index in [0.29, 0.717) is 16.7 Å². The maximum atomic E-state index is 14.4. The van der Waals surface area contributed by atoms with Crippen molar-refractivity contribution in [3.05, 3.63) is 197 Å². The summed E-state index contributed by atoms with van der Waals surface area (Å²) in [7, 11) is 0. The van der Waals surface area contributed by atoms with E-state index in [2.05, 4.69) is 122 Å². The van der Waals surface area contributed by atoms with Crippen molar-refractivity contribution in [1.29, 1.82) is 0 Å². The summed E-state index contributed by atoms with van der Waals surface area (Å²) in [5, 5.41) is 0.579. The van der Waals surface area contributed by atoms with Crippen LogP contribution < -0.4 is 10.5 Å². The van der Waals surface area contributed by atoms with Crippen molar-refractivity contribution in [3.8, 4) is 39.3 Å². The molecule has 0 unspecified atom stereocenters. The standard InChI is InChI=1S/C47H35N3O/c1-47(2)40-23-11-9-21-38(40)44-41(47)24-14-26-43(44)49(35-29-27-33(28-30-35)32-15-5-3-6-16-32)36-19-13-20-37(31-36)50-45(34-17-7-4-8-18-34)48-42-25-12-10-22-39(42)46(50)51/h3-31H,1-2H3. The molecule has 1 aliphatic carbocycles. The lowest BCUT2D eigenvalue weighted by Gasteiger charge is -2.29. The first kappa shape index (κ1) is 30.5. The molecule has 0 spiro atoms. The highest BCUT2D eigenvalue weighted by atomic mass is 16.1. The molecular formula is C47H35N3O. The molecule has 244 valence electrons. The fourth-order valence-electron chi connectivity index (χ4n) is 7.71. The zero-order chi connectivity index (χ0) is 34.5. The molecule has 1 aromatic heterocycles. The third-order valence-corrected chi connectivity index (χ3v) is 10.2. The van der Waals surface area contributed by atoms with E-state index in [4.69, 9.17) is 4.98 Å². The lowest BCUT2D eigenvalue weighted by molar-refractivity contribution is 0.660. The van der Waals surface area contributed by atoms with Gasteiger partial charge in [0.25, 0.3) is 5.56 Å². The summed E-state index contributed by atoms with van der Waals surface area (Å²) in [5.41, 5.74) is 12.5. The Morgan fingerprint density at radius 2 is 1.18 bits per heavy atom. The van der Waals surface area contributed by atoms with E-state index in [9.17, 15) is 4.79 Å². The van der Waals surface area contributed by atoms with Crippen molar-refractivity contribution in [3.63, 3.8) is 0 Å². The molecule has 0 saturated heterocycles. The van der Waals surface area contributed by atoms with Crippen molar-refractivity contribution < 1.29 is 0 Å². The molecule has 9 rings (SSSR count). The van der Waals surface area contributed by atoms with E-state index in [1.54, 1.807) is 4.57 Å². The fraction of sp³-hybridized carbons (Fsp3) is 0.0638. The Morgan fingerprint density at radius 1 is 0.549 bits per heavy atom. The molecule has 0 N–H and O–H groups in total. The Labute approximate surface area is 297 Å². The van der Waals surface area contributed by atoms with Gasteiger partial charge in [0, 0.05) is 27.9 Å². The SMILES string of the molecule is CC1(C)c2ccccc2-c2c(N(c3ccc(-c4ccccc4)cc3)c3cccc(-n4c(-c5ccccc5)nc5ccccc5c4=O)c3)cccc21. The largest absolute Gasteiger partial charge is 0.310 e. The van der Waals surface area contributed by atoms with Crippen LogP contribution in [-0.2, 0) is 5.41 Å². The van der Waals surface area contributed by atoms with Crippen LogP contribution in [0, 0.1) is 0 Å². The van der Waals surface area contributed by atoms with Gasteiger partial charge in [0.15, 0.2) is 0 Å². The fourth-order valence-corrected chi connectivity index (χ4v) is 7.71. The van der Waals surface area contributed by atoms with Crippen molar-refractivity contribution in [2.75, 3.05) is 4.90 Å². The van der Waals surface area contributed by atoms with Gasteiger partial charge >= 0.3 is 0 Å². The van der Waals surface area contributed by atoms with Crippen LogP contribution in [0.25, 0.3) is 50.2 Å². The monoisotopic (exact) mass is 657 g/mol. The number of para-hydroxylation sites is 1. The topological polar surface area (TPSA) is 38.1 Å². The molecule has 0 radical (unpaired) electrons. The Balaban J connectivity index is 1.28. The first-order chi connectivity index (χ1) is 25.0. The lowest BCUT2D eigenvalue weighted by atomic mass is 9.82. The number of anilines is 3. The summed E-state index contributed by atoms with van der Waals surface area (Å²) < 4.78 is 1.76. The molecule has 8 aromatic rings. The van der Waals surface area contributed by atoms with Gasteiger partial charge in [-0.1, -0.05) is 141 Å². The lowest BCUT2D eigenvalue weighted by Crippen LogP contribution is -2.22. The molecule has 0 bridgehead atoms. The molecule has 0 saturated carbocycles. The third kappa shape index (κ3) is 5.07. The predicted octanol–water partition coefficient (Wildman–Crippen LogP) is 11.5. The Kier molecular flexibility index (Phi) is 7.25. The summed E-state index contributed by atoms with van der Waals surface area (Å²) >= 11 is 0. The van der Waals surface area contributed by atoms with Gasteiger partial charge in [0.1, 0.15) is 5.82 Å². The van der Waals surface area contributed by atoms with Crippen LogP contribution >= 0.6 is 0 Å². The number of benzene rings is 7. The van der Waals surface area contributed by atoms with Crippen LogP contribution in [0.3, 0.4) is 0 Å². The van der Waals surface area contributed by atoms with Crippen LogP contribution in [0.4, 0.5) is 17.1 Å². The second kappa shape index (κ2) is 12.1. The molecule has 1 aliphatic rings. The average molecular weight is 658 g/mol. The molecule has 4 heteroatoms. The van der Waals surface area contributed by atoms with Crippen LogP contribution in [0.5, 0.6) is 0 Å². The maximum Gasteiger partial charge on any atom is 0.266 e. The second-order valence-electron chi connectivity index (χ2n) is 13.6. The molecular weight excluding hydrogens is 623 g/mol. The van der Waals surface area contributed by atoms with Gasteiger partial charge < -0.3 is 4.90 Å². The van der Waals surface area contributed by atoms with E-state index in [0.717, 1.165) is 33.9 Å². The van der Waals surface area contributed by atoms with Gasteiger partial charge in [-0.3, -0.25) is 9.36 Å². The van der Waals surface area contributed by atoms with Gasteiger partial charge in [-0.05, 0) is 76.3 Å². The smallest absolute Gasteiger partial charge is 0.266 e. The van der Waals surface area contributed by atoms with Crippen molar-refractivity contribution in [2.45, 2.75) is 19.3 Å². The number of aromatic nitrogens is 2. The summed E-state index contributed by atoms with van der Waals surface area (Å²) in [6.45, 7) is 4.62. The van der Waals surface area contributed by atoms with Crippen LogP contribution in [0.2, 0.25) is 0 Å². The molecule has 0 amide bonds. The first-order valence-corrected chi connectivity index (χ1v) is 17.4. The number of rotatable bonds is 6. The number of fused-ring (bicyclic) bond motifs is 4. The van der Waals surface area contributed by atoms with Crippen LogP contribution in [0.15, 0.2) is 181 Å². The minimum absolute atomic E-state index is 0.105. The highest BCUT2D eigenvalue weighted by molar-refractivity contribution is 5.95. The molecule has 4 nitrogen and oxygen atoms in total. The van der Waals surface area contributed by atoms with E-state index in [1.807, 2.05) is 72.8 Å². The zero-order valence-electron chi connectivity index (χ0n) is 28.5. The highest BCUT2D eigenvalue weighted by Crippen LogP contribution is 2.54. The minimum Gasteiger partial charge on any atom is -0.310 e. The van der Waals surface area contributed by atoms with E-state index >= 15 is 0 Å². The van der Waals surface area contributed by atoms with Gasteiger partial charge in [0.05, 0.1) is 22.3 Å². The van der Waals surface area contributed by atoms with Gasteiger partial charge in [-0.25, -0.2) is 4.98 Å². The van der Waals surface area contributed by atoms with Crippen molar-refractivity contribution in [1.82, 2.24) is 9.55 Å². The first-order valence-electron chi connectivity index (χ1n) is 17.4. The summed E-state index contributed by atoms with van der Waals surface area (Å²) in [6, 6.07) is 60.4. The van der Waals surface area contributed by atoms with Gasteiger partial charge in [-0.2, -0.15) is 0 Å². The minimum atomic E-state index is -0.152. The Hall–Kier alpha value is -6.52. The molecule has 0 aliphatic heterocycles. The third-order valence-electron chi connectivity index (χ3n) is 10.2. The Bertz CT molecular complexity index is 2620. The quantitative estimate of drug-likeness (QED) is 0.179. The number of hydrogen-bond acceptors (Lipinski definition) is 3. The molecule has 1 heterocycles.